The van der Waals surface area contributed by atoms with E-state index in [1.54, 1.807) is 0 Å². The fraction of sp³-hybridized carbons (Fsp3) is 0.800. The molecule has 33 heavy (non-hydrogen) atoms. The molecule has 0 unspecified atom stereocenters. The van der Waals surface area contributed by atoms with Crippen LogP contribution in [-0.4, -0.2) is 32.5 Å². The quantitative estimate of drug-likeness (QED) is 0.136. The number of hydrogen-bond acceptors (Lipinski definition) is 3. The third kappa shape index (κ3) is 20.2. The Morgan fingerprint density at radius 1 is 0.545 bits per heavy atom. The molecule has 1 aromatic rings. The average Bonchev–Trinajstić information content (AvgIpc) is 2.85. The molecular formula is C30H54O3. The van der Waals surface area contributed by atoms with Gasteiger partial charge in [0.1, 0.15) is 6.10 Å². The zero-order valence-electron chi connectivity index (χ0n) is 22.0. The lowest BCUT2D eigenvalue weighted by Gasteiger charge is -2.18. The third-order valence-electron chi connectivity index (χ3n) is 6.22. The highest BCUT2D eigenvalue weighted by Crippen LogP contribution is 2.11. The Hall–Kier alpha value is -0.900. The molecular weight excluding hydrogens is 408 g/mol. The third-order valence-corrected chi connectivity index (χ3v) is 6.22. The predicted molar refractivity (Wildman–Crippen MR) is 142 cm³/mol. The summed E-state index contributed by atoms with van der Waals surface area (Å²) in [7, 11) is 0. The van der Waals surface area contributed by atoms with Crippen molar-refractivity contribution in [3.05, 3.63) is 35.9 Å². The summed E-state index contributed by atoms with van der Waals surface area (Å²) in [5, 5.41) is 0. The summed E-state index contributed by atoms with van der Waals surface area (Å²) in [5.41, 5.74) is 1.20. The van der Waals surface area contributed by atoms with Gasteiger partial charge in [0.2, 0.25) is 0 Å². The second-order valence-electron chi connectivity index (χ2n) is 9.52. The zero-order valence-corrected chi connectivity index (χ0v) is 22.0. The van der Waals surface area contributed by atoms with E-state index >= 15 is 0 Å². The van der Waals surface area contributed by atoms with Crippen molar-refractivity contribution in [3.8, 4) is 0 Å². The Kier molecular flexibility index (Phi) is 22.1. The first kappa shape index (κ1) is 30.1. The fourth-order valence-corrected chi connectivity index (χ4v) is 4.04. The number of unbranched alkanes of at least 4 members (excludes halogenated alkanes) is 14. The van der Waals surface area contributed by atoms with Gasteiger partial charge in [0, 0.05) is 13.2 Å². The summed E-state index contributed by atoms with van der Waals surface area (Å²) < 4.78 is 18.1. The molecule has 0 saturated heterocycles. The molecule has 3 heteroatoms. The highest BCUT2D eigenvalue weighted by Gasteiger charge is 2.10. The number of ether oxygens (including phenoxy) is 3. The molecule has 1 aromatic carbocycles. The first-order valence-electron chi connectivity index (χ1n) is 14.2. The minimum absolute atomic E-state index is 0.00768. The SMILES string of the molecule is CCCCCCCCCCOCC(COCCCCCCCCCC)OCc1ccccc1. The highest BCUT2D eigenvalue weighted by molar-refractivity contribution is 5.13. The van der Waals surface area contributed by atoms with Gasteiger partial charge in [-0.2, -0.15) is 0 Å². The molecule has 0 saturated carbocycles. The largest absolute Gasteiger partial charge is 0.379 e. The molecule has 0 bridgehead atoms. The second kappa shape index (κ2) is 24.2. The van der Waals surface area contributed by atoms with Crippen LogP contribution >= 0.6 is 0 Å². The lowest BCUT2D eigenvalue weighted by molar-refractivity contribution is -0.0674. The molecule has 0 aliphatic rings. The van der Waals surface area contributed by atoms with E-state index in [1.165, 1.54) is 95.5 Å². The van der Waals surface area contributed by atoms with Crippen molar-refractivity contribution in [1.29, 1.82) is 0 Å². The van der Waals surface area contributed by atoms with Crippen molar-refractivity contribution in [1.82, 2.24) is 0 Å². The number of benzene rings is 1. The molecule has 0 amide bonds. The van der Waals surface area contributed by atoms with Crippen LogP contribution in [0.1, 0.15) is 122 Å². The van der Waals surface area contributed by atoms with E-state index in [-0.39, 0.29) is 6.10 Å². The monoisotopic (exact) mass is 462 g/mol. The van der Waals surface area contributed by atoms with Crippen LogP contribution in [0.15, 0.2) is 30.3 Å². The standard InChI is InChI=1S/C30H54O3/c1-3-5-7-9-11-13-15-20-24-31-27-30(33-26-29-22-18-17-19-23-29)28-32-25-21-16-14-12-10-8-6-4-2/h17-19,22-23,30H,3-16,20-21,24-28H2,1-2H3. The van der Waals surface area contributed by atoms with Gasteiger partial charge in [0.25, 0.3) is 0 Å². The fourth-order valence-electron chi connectivity index (χ4n) is 4.04. The Bertz CT molecular complexity index is 467. The van der Waals surface area contributed by atoms with Gasteiger partial charge in [-0.25, -0.2) is 0 Å². The first-order chi connectivity index (χ1) is 16.4. The molecule has 0 aliphatic carbocycles. The lowest BCUT2D eigenvalue weighted by atomic mass is 10.1. The molecule has 0 heterocycles. The topological polar surface area (TPSA) is 27.7 Å². The van der Waals surface area contributed by atoms with Gasteiger partial charge < -0.3 is 14.2 Å². The normalized spacial score (nSPS) is 11.5. The van der Waals surface area contributed by atoms with Gasteiger partial charge in [-0.05, 0) is 18.4 Å². The van der Waals surface area contributed by atoms with Gasteiger partial charge in [0.15, 0.2) is 0 Å². The van der Waals surface area contributed by atoms with Crippen molar-refractivity contribution in [2.75, 3.05) is 26.4 Å². The van der Waals surface area contributed by atoms with Crippen LogP contribution in [-0.2, 0) is 20.8 Å². The van der Waals surface area contributed by atoms with E-state index in [0.29, 0.717) is 19.8 Å². The van der Waals surface area contributed by atoms with Crippen LogP contribution in [0.2, 0.25) is 0 Å². The van der Waals surface area contributed by atoms with Crippen molar-refractivity contribution in [2.24, 2.45) is 0 Å². The summed E-state index contributed by atoms with van der Waals surface area (Å²) in [6, 6.07) is 10.4. The molecule has 0 aliphatic heterocycles. The van der Waals surface area contributed by atoms with Crippen LogP contribution in [0.5, 0.6) is 0 Å². The Morgan fingerprint density at radius 3 is 1.42 bits per heavy atom. The van der Waals surface area contributed by atoms with Gasteiger partial charge >= 0.3 is 0 Å². The number of rotatable bonds is 25. The first-order valence-corrected chi connectivity index (χ1v) is 14.2. The Labute approximate surface area is 206 Å². The minimum atomic E-state index is 0.00768. The maximum atomic E-state index is 6.14. The number of hydrogen-bond donors (Lipinski definition) is 0. The van der Waals surface area contributed by atoms with E-state index < -0.39 is 0 Å². The molecule has 0 radical (unpaired) electrons. The molecule has 0 aromatic heterocycles. The van der Waals surface area contributed by atoms with E-state index in [9.17, 15) is 0 Å². The van der Waals surface area contributed by atoms with Crippen molar-refractivity contribution >= 4 is 0 Å². The maximum absolute atomic E-state index is 6.14. The predicted octanol–water partition coefficient (Wildman–Crippen LogP) is 8.89. The van der Waals surface area contributed by atoms with Crippen molar-refractivity contribution in [3.63, 3.8) is 0 Å². The molecule has 0 N–H and O–H groups in total. The average molecular weight is 463 g/mol. The smallest absolute Gasteiger partial charge is 0.105 e. The maximum Gasteiger partial charge on any atom is 0.105 e. The van der Waals surface area contributed by atoms with E-state index in [2.05, 4.69) is 38.1 Å². The van der Waals surface area contributed by atoms with Gasteiger partial charge in [-0.3, -0.25) is 0 Å². The summed E-state index contributed by atoms with van der Waals surface area (Å²) in [5.74, 6) is 0. The van der Waals surface area contributed by atoms with Crippen LogP contribution in [0.4, 0.5) is 0 Å². The Morgan fingerprint density at radius 2 is 0.970 bits per heavy atom. The summed E-state index contributed by atoms with van der Waals surface area (Å²) in [6.07, 6.45) is 21.3. The molecule has 0 atom stereocenters. The van der Waals surface area contributed by atoms with Gasteiger partial charge in [0.05, 0.1) is 19.8 Å². The summed E-state index contributed by atoms with van der Waals surface area (Å²) in [6.45, 7) is 8.08. The molecule has 0 fully saturated rings. The van der Waals surface area contributed by atoms with Crippen molar-refractivity contribution in [2.45, 2.75) is 129 Å². The second-order valence-corrected chi connectivity index (χ2v) is 9.52. The lowest BCUT2D eigenvalue weighted by Crippen LogP contribution is -2.26. The minimum Gasteiger partial charge on any atom is -0.379 e. The van der Waals surface area contributed by atoms with Crippen molar-refractivity contribution < 1.29 is 14.2 Å². The van der Waals surface area contributed by atoms with Crippen LogP contribution in [0, 0.1) is 0 Å². The van der Waals surface area contributed by atoms with Gasteiger partial charge in [-0.1, -0.05) is 134 Å². The van der Waals surface area contributed by atoms with E-state index in [0.717, 1.165) is 26.1 Å². The van der Waals surface area contributed by atoms with Crippen LogP contribution in [0.25, 0.3) is 0 Å². The molecule has 1 rings (SSSR count). The molecule has 192 valence electrons. The zero-order chi connectivity index (χ0) is 23.7. The highest BCUT2D eigenvalue weighted by atomic mass is 16.6. The van der Waals surface area contributed by atoms with Gasteiger partial charge in [-0.15, -0.1) is 0 Å². The van der Waals surface area contributed by atoms with Crippen LogP contribution < -0.4 is 0 Å². The summed E-state index contributed by atoms with van der Waals surface area (Å²) >= 11 is 0. The molecule has 0 spiro atoms. The van der Waals surface area contributed by atoms with E-state index in [1.807, 2.05) is 6.07 Å². The summed E-state index contributed by atoms with van der Waals surface area (Å²) in [4.78, 5) is 0. The van der Waals surface area contributed by atoms with Crippen LogP contribution in [0.3, 0.4) is 0 Å². The van der Waals surface area contributed by atoms with E-state index in [4.69, 9.17) is 14.2 Å². The Balaban J connectivity index is 2.12. The molecule has 3 nitrogen and oxygen atoms in total.